The molecule has 1 rings (SSSR count). The number of hydrogen-bond donors (Lipinski definition) is 0. The summed E-state index contributed by atoms with van der Waals surface area (Å²) in [5.41, 5.74) is 0.240. The Labute approximate surface area is 82.3 Å². The third-order valence-electron chi connectivity index (χ3n) is 1.49. The second-order valence-electron chi connectivity index (χ2n) is 2.28. The molecule has 1 aromatic heterocycles. The van der Waals surface area contributed by atoms with Crippen LogP contribution in [0.3, 0.4) is 0 Å². The van der Waals surface area contributed by atoms with Crippen molar-refractivity contribution < 1.29 is 8.78 Å². The van der Waals surface area contributed by atoms with E-state index >= 15 is 0 Å². The molecule has 68 valence electrons. The Morgan fingerprint density at radius 1 is 1.54 bits per heavy atom. The molecule has 0 spiro atoms. The Morgan fingerprint density at radius 2 is 2.23 bits per heavy atom. The molecule has 0 N–H and O–H groups in total. The lowest BCUT2D eigenvalue weighted by Crippen LogP contribution is -1.97. The van der Waals surface area contributed by atoms with E-state index in [0.29, 0.717) is 0 Å². The molecule has 0 aliphatic carbocycles. The van der Waals surface area contributed by atoms with E-state index in [4.69, 9.17) is 5.26 Å². The predicted octanol–water partition coefficient (Wildman–Crippen LogP) is 2.79. The lowest BCUT2D eigenvalue weighted by atomic mass is 10.2. The van der Waals surface area contributed by atoms with Crippen LogP contribution < -0.4 is 0 Å². The SMILES string of the molecule is N#Cc1ccc(C(F)F)c(CBr)n1. The molecule has 0 aliphatic rings. The van der Waals surface area contributed by atoms with Gasteiger partial charge in [-0.3, -0.25) is 0 Å². The van der Waals surface area contributed by atoms with E-state index in [1.54, 1.807) is 6.07 Å². The number of nitriles is 1. The highest BCUT2D eigenvalue weighted by Crippen LogP contribution is 2.23. The maximum absolute atomic E-state index is 12.3. The van der Waals surface area contributed by atoms with Gasteiger partial charge < -0.3 is 0 Å². The third kappa shape index (κ3) is 2.22. The molecule has 0 aromatic carbocycles. The summed E-state index contributed by atoms with van der Waals surface area (Å²) in [5, 5.41) is 8.70. The zero-order valence-electron chi connectivity index (χ0n) is 6.47. The highest BCUT2D eigenvalue weighted by atomic mass is 79.9. The molecule has 2 nitrogen and oxygen atoms in total. The molecule has 1 aromatic rings. The summed E-state index contributed by atoms with van der Waals surface area (Å²) in [6.07, 6.45) is -2.55. The van der Waals surface area contributed by atoms with Crippen LogP contribution in [0.5, 0.6) is 0 Å². The van der Waals surface area contributed by atoms with Gasteiger partial charge in [-0.15, -0.1) is 0 Å². The number of alkyl halides is 3. The van der Waals surface area contributed by atoms with Gasteiger partial charge in [-0.05, 0) is 12.1 Å². The van der Waals surface area contributed by atoms with Crippen molar-refractivity contribution in [3.8, 4) is 6.07 Å². The van der Waals surface area contributed by atoms with Gasteiger partial charge in [0.15, 0.2) is 0 Å². The maximum atomic E-state index is 12.3. The molecule has 0 atom stereocenters. The van der Waals surface area contributed by atoms with E-state index in [2.05, 4.69) is 20.9 Å². The molecule has 0 unspecified atom stereocenters. The predicted molar refractivity (Wildman–Crippen MR) is 46.5 cm³/mol. The van der Waals surface area contributed by atoms with Gasteiger partial charge in [-0.1, -0.05) is 15.9 Å². The summed E-state index contributed by atoms with van der Waals surface area (Å²) in [4.78, 5) is 3.74. The minimum atomic E-state index is -2.55. The van der Waals surface area contributed by atoms with Crippen LogP contribution in [0, 0.1) is 11.3 Å². The highest BCUT2D eigenvalue weighted by molar-refractivity contribution is 9.08. The minimum Gasteiger partial charge on any atom is -0.241 e. The van der Waals surface area contributed by atoms with Crippen molar-refractivity contribution in [3.63, 3.8) is 0 Å². The van der Waals surface area contributed by atoms with Gasteiger partial charge in [0, 0.05) is 10.9 Å². The molecule has 0 bridgehead atoms. The Hall–Kier alpha value is -1.02. The molecule has 0 fully saturated rings. The number of hydrogen-bond acceptors (Lipinski definition) is 2. The van der Waals surface area contributed by atoms with Crippen LogP contribution in [0.25, 0.3) is 0 Å². The van der Waals surface area contributed by atoms with Crippen molar-refractivity contribution in [2.45, 2.75) is 11.8 Å². The van der Waals surface area contributed by atoms with Gasteiger partial charge in [0.25, 0.3) is 6.43 Å². The first-order valence-corrected chi connectivity index (χ1v) is 4.55. The van der Waals surface area contributed by atoms with Crippen molar-refractivity contribution in [2.75, 3.05) is 0 Å². The summed E-state index contributed by atoms with van der Waals surface area (Å²) in [7, 11) is 0. The molecule has 13 heavy (non-hydrogen) atoms. The van der Waals surface area contributed by atoms with Crippen LogP contribution in [0.15, 0.2) is 12.1 Å². The van der Waals surface area contributed by atoms with Crippen molar-refractivity contribution in [1.29, 1.82) is 5.26 Å². The summed E-state index contributed by atoms with van der Waals surface area (Å²) < 4.78 is 24.6. The first-order chi connectivity index (χ1) is 6.19. The quantitative estimate of drug-likeness (QED) is 0.753. The first-order valence-electron chi connectivity index (χ1n) is 3.43. The third-order valence-corrected chi connectivity index (χ3v) is 2.02. The Kier molecular flexibility index (Phi) is 3.32. The lowest BCUT2D eigenvalue weighted by molar-refractivity contribution is 0.150. The Morgan fingerprint density at radius 3 is 2.69 bits per heavy atom. The molecule has 0 saturated carbocycles. The van der Waals surface area contributed by atoms with Crippen molar-refractivity contribution in [1.82, 2.24) is 4.98 Å². The van der Waals surface area contributed by atoms with E-state index in [-0.39, 0.29) is 22.3 Å². The highest BCUT2D eigenvalue weighted by Gasteiger charge is 2.13. The molecule has 0 saturated heterocycles. The van der Waals surface area contributed by atoms with E-state index < -0.39 is 6.43 Å². The van der Waals surface area contributed by atoms with Crippen LogP contribution >= 0.6 is 15.9 Å². The lowest BCUT2D eigenvalue weighted by Gasteiger charge is -2.04. The van der Waals surface area contributed by atoms with Gasteiger partial charge in [0.05, 0.1) is 5.69 Å². The Balaban J connectivity index is 3.17. The van der Waals surface area contributed by atoms with E-state index in [0.717, 1.165) is 0 Å². The molecule has 0 radical (unpaired) electrons. The number of rotatable bonds is 2. The van der Waals surface area contributed by atoms with Gasteiger partial charge in [0.1, 0.15) is 11.8 Å². The fourth-order valence-electron chi connectivity index (χ4n) is 0.880. The molecule has 0 aliphatic heterocycles. The van der Waals surface area contributed by atoms with Gasteiger partial charge >= 0.3 is 0 Å². The standard InChI is InChI=1S/C8H5BrF2N2/c9-3-7-6(8(10)11)2-1-5(4-12)13-7/h1-2,8H,3H2. The summed E-state index contributed by atoms with van der Waals surface area (Å²) in [6, 6.07) is 4.31. The number of aromatic nitrogens is 1. The summed E-state index contributed by atoms with van der Waals surface area (Å²) in [5.74, 6) is 0. The zero-order chi connectivity index (χ0) is 9.84. The molecular formula is C8H5BrF2N2. The number of nitrogens with zero attached hydrogens (tertiary/aromatic N) is 2. The fraction of sp³-hybridized carbons (Fsp3) is 0.250. The molecular weight excluding hydrogens is 242 g/mol. The topological polar surface area (TPSA) is 36.7 Å². The smallest absolute Gasteiger partial charge is 0.241 e. The van der Waals surface area contributed by atoms with Crippen LogP contribution in [0.1, 0.15) is 23.4 Å². The van der Waals surface area contributed by atoms with Crippen LogP contribution in [0.4, 0.5) is 8.78 Å². The normalized spacial score (nSPS) is 10.1. The van der Waals surface area contributed by atoms with Crippen molar-refractivity contribution >= 4 is 15.9 Å². The van der Waals surface area contributed by atoms with Crippen LogP contribution in [-0.4, -0.2) is 4.98 Å². The van der Waals surface area contributed by atoms with Gasteiger partial charge in [0.2, 0.25) is 0 Å². The van der Waals surface area contributed by atoms with Crippen LogP contribution in [-0.2, 0) is 5.33 Å². The Bertz CT molecular complexity index is 346. The van der Waals surface area contributed by atoms with Crippen molar-refractivity contribution in [2.24, 2.45) is 0 Å². The van der Waals surface area contributed by atoms with E-state index in [1.807, 2.05) is 0 Å². The second kappa shape index (κ2) is 4.28. The van der Waals surface area contributed by atoms with E-state index in [1.165, 1.54) is 12.1 Å². The monoisotopic (exact) mass is 246 g/mol. The first kappa shape index (κ1) is 10.1. The molecule has 1 heterocycles. The second-order valence-corrected chi connectivity index (χ2v) is 2.84. The minimum absolute atomic E-state index is 0.129. The maximum Gasteiger partial charge on any atom is 0.265 e. The van der Waals surface area contributed by atoms with Gasteiger partial charge in [-0.25, -0.2) is 13.8 Å². The average Bonchev–Trinajstić information content (AvgIpc) is 2.16. The van der Waals surface area contributed by atoms with Crippen LogP contribution in [0.2, 0.25) is 0 Å². The van der Waals surface area contributed by atoms with E-state index in [9.17, 15) is 8.78 Å². The number of halogens is 3. The summed E-state index contributed by atoms with van der Waals surface area (Å²) >= 11 is 3.03. The van der Waals surface area contributed by atoms with Gasteiger partial charge in [-0.2, -0.15) is 5.26 Å². The average molecular weight is 247 g/mol. The largest absolute Gasteiger partial charge is 0.265 e. The number of pyridine rings is 1. The molecule has 0 amide bonds. The summed E-state index contributed by atoms with van der Waals surface area (Å²) in [6.45, 7) is 0. The molecule has 5 heteroatoms. The zero-order valence-corrected chi connectivity index (χ0v) is 8.05. The van der Waals surface area contributed by atoms with Crippen molar-refractivity contribution in [3.05, 3.63) is 29.1 Å². The fourth-order valence-corrected chi connectivity index (χ4v) is 1.33.